The monoisotopic (exact) mass is 374 g/mol. The molecule has 106 valence electrons. The third-order valence-electron chi connectivity index (χ3n) is 1.62. The standard InChI is InChI=1S/C10H18O4S4.2Na/c11-17(12)9-5-1-3-7-15-16-8-4-2-6-10-18(13)14;;/h1-2,5-6H,3-4,7-10H2,(H,11,12)(H,13,14);;/q;2*+1/p-2/b5-1+,6-2+;;. The van der Waals surface area contributed by atoms with Crippen LogP contribution in [0.15, 0.2) is 24.3 Å². The van der Waals surface area contributed by atoms with Crippen LogP contribution in [0.1, 0.15) is 12.8 Å². The van der Waals surface area contributed by atoms with Gasteiger partial charge in [-0.2, -0.15) is 0 Å². The van der Waals surface area contributed by atoms with Crippen LogP contribution in [0.4, 0.5) is 0 Å². The van der Waals surface area contributed by atoms with Gasteiger partial charge in [-0.3, -0.25) is 8.42 Å². The van der Waals surface area contributed by atoms with Crippen molar-refractivity contribution in [1.29, 1.82) is 0 Å². The van der Waals surface area contributed by atoms with Crippen LogP contribution in [0.3, 0.4) is 0 Å². The van der Waals surface area contributed by atoms with Gasteiger partial charge in [-0.05, 0) is 12.8 Å². The summed E-state index contributed by atoms with van der Waals surface area (Å²) in [6.07, 6.45) is 8.76. The molecule has 0 amide bonds. The van der Waals surface area contributed by atoms with E-state index in [-0.39, 0.29) is 70.6 Å². The molecule has 0 radical (unpaired) electrons. The van der Waals surface area contributed by atoms with Crippen molar-refractivity contribution in [2.75, 3.05) is 23.0 Å². The summed E-state index contributed by atoms with van der Waals surface area (Å²) in [6, 6.07) is 0. The van der Waals surface area contributed by atoms with E-state index >= 15 is 0 Å². The first-order valence-electron chi connectivity index (χ1n) is 5.29. The van der Waals surface area contributed by atoms with E-state index in [4.69, 9.17) is 0 Å². The Morgan fingerprint density at radius 2 is 1.10 bits per heavy atom. The Kier molecular flexibility index (Phi) is 29.2. The summed E-state index contributed by atoms with van der Waals surface area (Å²) in [4.78, 5) is 0. The van der Waals surface area contributed by atoms with Crippen LogP contribution in [0.25, 0.3) is 0 Å². The van der Waals surface area contributed by atoms with Crippen LogP contribution in [0.2, 0.25) is 0 Å². The summed E-state index contributed by atoms with van der Waals surface area (Å²) in [5.41, 5.74) is 0. The Labute approximate surface area is 178 Å². The van der Waals surface area contributed by atoms with Gasteiger partial charge in [-0.25, -0.2) is 0 Å². The first-order chi connectivity index (χ1) is 8.63. The van der Waals surface area contributed by atoms with Crippen molar-refractivity contribution in [3.8, 4) is 0 Å². The molecule has 0 fully saturated rings. The second kappa shape index (κ2) is 21.4. The number of allylic oxidation sites excluding steroid dienone is 2. The minimum absolute atomic E-state index is 0. The Balaban J connectivity index is -0.00000144. The van der Waals surface area contributed by atoms with E-state index in [1.54, 1.807) is 33.7 Å². The Hall–Kier alpha value is 2.40. The first-order valence-corrected chi connectivity index (χ1v) is 10.3. The molecular weight excluding hydrogens is 358 g/mol. The summed E-state index contributed by atoms with van der Waals surface area (Å²) >= 11 is -3.97. The SMILES string of the molecule is O=S([O-])C/C=C/CCSSCC/C=C/CS(=O)[O-].[Na+].[Na+]. The molecule has 0 aromatic rings. The normalized spacial score (nSPS) is 13.9. The van der Waals surface area contributed by atoms with Gasteiger partial charge >= 0.3 is 59.1 Å². The van der Waals surface area contributed by atoms with Crippen LogP contribution in [-0.4, -0.2) is 40.5 Å². The fourth-order valence-corrected chi connectivity index (χ4v) is 3.45. The maximum absolute atomic E-state index is 10.2. The molecule has 0 bridgehead atoms. The molecule has 0 aliphatic carbocycles. The van der Waals surface area contributed by atoms with E-state index in [0.29, 0.717) is 0 Å². The molecule has 0 aromatic carbocycles. The van der Waals surface area contributed by atoms with E-state index in [0.717, 1.165) is 24.3 Å². The van der Waals surface area contributed by atoms with E-state index in [1.165, 1.54) is 0 Å². The van der Waals surface area contributed by atoms with Crippen LogP contribution in [0.5, 0.6) is 0 Å². The van der Waals surface area contributed by atoms with Crippen LogP contribution < -0.4 is 59.1 Å². The second-order valence-corrected chi connectivity index (χ2v) is 7.69. The molecule has 0 saturated carbocycles. The van der Waals surface area contributed by atoms with Crippen molar-refractivity contribution in [2.24, 2.45) is 0 Å². The first kappa shape index (κ1) is 27.3. The molecule has 0 saturated heterocycles. The van der Waals surface area contributed by atoms with Gasteiger partial charge in [-0.15, -0.1) is 0 Å². The molecule has 2 atom stereocenters. The molecule has 0 aliphatic rings. The van der Waals surface area contributed by atoms with E-state index in [1.807, 2.05) is 12.2 Å². The molecule has 0 N–H and O–H groups in total. The fraction of sp³-hybridized carbons (Fsp3) is 0.600. The maximum Gasteiger partial charge on any atom is 1.00 e. The number of rotatable bonds is 11. The molecule has 4 nitrogen and oxygen atoms in total. The van der Waals surface area contributed by atoms with Gasteiger partial charge in [-0.1, -0.05) is 68.1 Å². The average Bonchev–Trinajstić information content (AvgIpc) is 2.29. The van der Waals surface area contributed by atoms with Gasteiger partial charge in [0.25, 0.3) is 0 Å². The third-order valence-corrected chi connectivity index (χ3v) is 5.02. The van der Waals surface area contributed by atoms with Crippen molar-refractivity contribution in [3.63, 3.8) is 0 Å². The summed E-state index contributed by atoms with van der Waals surface area (Å²) in [6.45, 7) is 0. The largest absolute Gasteiger partial charge is 1.00 e. The van der Waals surface area contributed by atoms with Crippen LogP contribution in [-0.2, 0) is 22.2 Å². The third kappa shape index (κ3) is 25.4. The zero-order valence-corrected chi connectivity index (χ0v) is 19.1. The number of hydrogen-bond donors (Lipinski definition) is 0. The molecule has 0 aliphatic heterocycles. The minimum atomic E-state index is -1.98. The summed E-state index contributed by atoms with van der Waals surface area (Å²) < 4.78 is 40.8. The maximum atomic E-state index is 10.2. The van der Waals surface area contributed by atoms with Gasteiger partial charge in [0, 0.05) is 23.0 Å². The molecule has 0 aromatic heterocycles. The fourth-order valence-electron chi connectivity index (χ4n) is 0.879. The van der Waals surface area contributed by atoms with Crippen molar-refractivity contribution in [2.45, 2.75) is 12.8 Å². The van der Waals surface area contributed by atoms with Crippen molar-refractivity contribution < 1.29 is 76.6 Å². The Morgan fingerprint density at radius 1 is 0.750 bits per heavy atom. The van der Waals surface area contributed by atoms with Gasteiger partial charge in [0.05, 0.1) is 0 Å². The smallest absolute Gasteiger partial charge is 0.772 e. The predicted molar refractivity (Wildman–Crippen MR) is 80.0 cm³/mol. The Morgan fingerprint density at radius 3 is 1.40 bits per heavy atom. The summed E-state index contributed by atoms with van der Waals surface area (Å²) in [5, 5.41) is 0. The molecule has 0 rings (SSSR count). The molecule has 10 heteroatoms. The minimum Gasteiger partial charge on any atom is -0.772 e. The topological polar surface area (TPSA) is 80.3 Å². The Bertz CT molecular complexity index is 284. The van der Waals surface area contributed by atoms with Crippen molar-refractivity contribution in [3.05, 3.63) is 24.3 Å². The quantitative estimate of drug-likeness (QED) is 0.121. The van der Waals surface area contributed by atoms with E-state index in [2.05, 4.69) is 0 Å². The summed E-state index contributed by atoms with van der Waals surface area (Å²) in [7, 11) is 3.46. The molecular formula is C10H16Na2O4S4. The number of hydrogen-bond acceptors (Lipinski definition) is 6. The van der Waals surface area contributed by atoms with Gasteiger partial charge in [0.15, 0.2) is 0 Å². The molecule has 20 heavy (non-hydrogen) atoms. The zero-order chi connectivity index (χ0) is 13.6. The summed E-state index contributed by atoms with van der Waals surface area (Å²) in [5.74, 6) is 2.06. The zero-order valence-electron chi connectivity index (χ0n) is 11.8. The molecule has 0 heterocycles. The van der Waals surface area contributed by atoms with E-state index in [9.17, 15) is 17.5 Å². The van der Waals surface area contributed by atoms with Crippen LogP contribution >= 0.6 is 21.6 Å². The molecule has 0 spiro atoms. The van der Waals surface area contributed by atoms with Crippen LogP contribution in [0, 0.1) is 0 Å². The van der Waals surface area contributed by atoms with Gasteiger partial charge < -0.3 is 9.11 Å². The van der Waals surface area contributed by atoms with E-state index < -0.39 is 22.2 Å². The van der Waals surface area contributed by atoms with Crippen molar-refractivity contribution >= 4 is 43.7 Å². The second-order valence-electron chi connectivity index (χ2n) is 3.10. The predicted octanol–water partition coefficient (Wildman–Crippen LogP) is -3.97. The molecule has 2 unspecified atom stereocenters. The average molecular weight is 374 g/mol. The van der Waals surface area contributed by atoms with Gasteiger partial charge in [0.2, 0.25) is 0 Å². The van der Waals surface area contributed by atoms with Crippen molar-refractivity contribution in [1.82, 2.24) is 0 Å². The van der Waals surface area contributed by atoms with Gasteiger partial charge in [0.1, 0.15) is 0 Å².